The van der Waals surface area contributed by atoms with E-state index in [-0.39, 0.29) is 37.5 Å². The summed E-state index contributed by atoms with van der Waals surface area (Å²) >= 11 is 0. The largest absolute Gasteiger partial charge is 0.481 e. The average molecular weight is 521 g/mol. The Morgan fingerprint density at radius 1 is 0.865 bits per heavy atom. The van der Waals surface area contributed by atoms with Crippen molar-refractivity contribution in [2.45, 2.75) is 84.0 Å². The lowest BCUT2D eigenvalue weighted by atomic mass is 9.96. The second-order valence-corrected chi connectivity index (χ2v) is 9.69. The maximum absolute atomic E-state index is 13.3. The highest BCUT2D eigenvalue weighted by atomic mass is 16.4. The van der Waals surface area contributed by atoms with Gasteiger partial charge in [-0.3, -0.25) is 19.2 Å². The van der Waals surface area contributed by atoms with Gasteiger partial charge in [0, 0.05) is 12.8 Å². The number of aliphatic carboxylic acids is 2. The molecular weight excluding hydrogens is 480 g/mol. The fourth-order valence-electron chi connectivity index (χ4n) is 3.66. The first-order valence-electron chi connectivity index (χ1n) is 12.5. The molecule has 0 aliphatic carbocycles. The van der Waals surface area contributed by atoms with Crippen molar-refractivity contribution in [1.29, 1.82) is 0 Å². The van der Waals surface area contributed by atoms with Crippen molar-refractivity contribution >= 4 is 29.7 Å². The molecule has 1 aromatic carbocycles. The first-order chi connectivity index (χ1) is 17.3. The van der Waals surface area contributed by atoms with E-state index in [1.165, 1.54) is 0 Å². The standard InChI is InChI=1S/C26H40N4O7/c1-5-16(4)22(25(35)29-20(26(36)37)13-15(2)3)30-24(34)19(14-17-9-7-6-8-10-17)28-23(33)18(27)11-12-21(31)32/h6-10,15-16,18-20,22H,5,11-14,27H2,1-4H3,(H,28,33)(H,29,35)(H,30,34)(H,31,32)(H,36,37). The fraction of sp³-hybridized carbons (Fsp3) is 0.577. The predicted molar refractivity (Wildman–Crippen MR) is 137 cm³/mol. The summed E-state index contributed by atoms with van der Waals surface area (Å²) in [5, 5.41) is 26.2. The fourth-order valence-corrected chi connectivity index (χ4v) is 3.66. The molecule has 5 unspecified atom stereocenters. The summed E-state index contributed by atoms with van der Waals surface area (Å²) in [6.45, 7) is 7.28. The molecule has 3 amide bonds. The number of nitrogens with one attached hydrogen (secondary N) is 3. The first-order valence-corrected chi connectivity index (χ1v) is 12.5. The molecule has 37 heavy (non-hydrogen) atoms. The number of carbonyl (C=O) groups is 5. The number of carbonyl (C=O) groups excluding carboxylic acids is 3. The lowest BCUT2D eigenvalue weighted by Crippen LogP contribution is -2.59. The number of benzene rings is 1. The van der Waals surface area contributed by atoms with Crippen LogP contribution in [0.25, 0.3) is 0 Å². The number of rotatable bonds is 16. The number of hydrogen-bond donors (Lipinski definition) is 6. The Kier molecular flexibility index (Phi) is 13.3. The smallest absolute Gasteiger partial charge is 0.326 e. The zero-order chi connectivity index (χ0) is 28.1. The van der Waals surface area contributed by atoms with E-state index in [9.17, 15) is 29.1 Å². The van der Waals surface area contributed by atoms with Crippen LogP contribution in [0.4, 0.5) is 0 Å². The maximum atomic E-state index is 13.3. The van der Waals surface area contributed by atoms with Crippen LogP contribution in [-0.2, 0) is 30.4 Å². The predicted octanol–water partition coefficient (Wildman–Crippen LogP) is 1.05. The molecule has 7 N–H and O–H groups in total. The van der Waals surface area contributed by atoms with Crippen molar-refractivity contribution in [2.75, 3.05) is 0 Å². The van der Waals surface area contributed by atoms with Crippen molar-refractivity contribution in [3.63, 3.8) is 0 Å². The van der Waals surface area contributed by atoms with Crippen molar-refractivity contribution in [3.05, 3.63) is 35.9 Å². The summed E-state index contributed by atoms with van der Waals surface area (Å²) in [6.07, 6.45) is 0.440. The zero-order valence-electron chi connectivity index (χ0n) is 21.9. The van der Waals surface area contributed by atoms with E-state index in [1.54, 1.807) is 37.3 Å². The number of nitrogens with two attached hydrogens (primary N) is 1. The first kappa shape index (κ1) is 31.6. The second kappa shape index (κ2) is 15.6. The van der Waals surface area contributed by atoms with Crippen LogP contribution < -0.4 is 21.7 Å². The molecular formula is C26H40N4O7. The van der Waals surface area contributed by atoms with Gasteiger partial charge in [0.25, 0.3) is 0 Å². The van der Waals surface area contributed by atoms with Gasteiger partial charge in [-0.2, -0.15) is 0 Å². The third-order valence-electron chi connectivity index (χ3n) is 6.04. The summed E-state index contributed by atoms with van der Waals surface area (Å²) in [5.74, 6) is -4.53. The number of carboxylic acids is 2. The maximum Gasteiger partial charge on any atom is 0.326 e. The molecule has 0 heterocycles. The van der Waals surface area contributed by atoms with Crippen LogP contribution in [0.5, 0.6) is 0 Å². The van der Waals surface area contributed by atoms with Crippen molar-refractivity contribution < 1.29 is 34.2 Å². The zero-order valence-corrected chi connectivity index (χ0v) is 21.9. The van der Waals surface area contributed by atoms with Gasteiger partial charge < -0.3 is 31.9 Å². The van der Waals surface area contributed by atoms with Gasteiger partial charge in [0.05, 0.1) is 6.04 Å². The summed E-state index contributed by atoms with van der Waals surface area (Å²) in [6, 6.07) is 4.53. The quantitative estimate of drug-likeness (QED) is 0.186. The van der Waals surface area contributed by atoms with Crippen molar-refractivity contribution in [3.8, 4) is 0 Å². The molecule has 0 fully saturated rings. The lowest BCUT2D eigenvalue weighted by molar-refractivity contribution is -0.143. The van der Waals surface area contributed by atoms with E-state index in [2.05, 4.69) is 16.0 Å². The summed E-state index contributed by atoms with van der Waals surface area (Å²) in [4.78, 5) is 61.5. The Morgan fingerprint density at radius 3 is 1.97 bits per heavy atom. The third kappa shape index (κ3) is 11.4. The summed E-state index contributed by atoms with van der Waals surface area (Å²) in [5.41, 5.74) is 6.57. The summed E-state index contributed by atoms with van der Waals surface area (Å²) < 4.78 is 0. The van der Waals surface area contributed by atoms with Crippen LogP contribution in [0.15, 0.2) is 30.3 Å². The van der Waals surface area contributed by atoms with Gasteiger partial charge in [0.2, 0.25) is 17.7 Å². The van der Waals surface area contributed by atoms with Gasteiger partial charge in [-0.15, -0.1) is 0 Å². The molecule has 11 nitrogen and oxygen atoms in total. The highest BCUT2D eigenvalue weighted by Crippen LogP contribution is 2.12. The van der Waals surface area contributed by atoms with E-state index in [4.69, 9.17) is 10.8 Å². The highest BCUT2D eigenvalue weighted by molar-refractivity contribution is 5.94. The molecule has 11 heteroatoms. The van der Waals surface area contributed by atoms with E-state index < -0.39 is 53.8 Å². The molecule has 0 aromatic heterocycles. The lowest BCUT2D eigenvalue weighted by Gasteiger charge is -2.28. The second-order valence-electron chi connectivity index (χ2n) is 9.69. The van der Waals surface area contributed by atoms with Crippen molar-refractivity contribution in [2.24, 2.45) is 17.6 Å². The number of hydrogen-bond acceptors (Lipinski definition) is 6. The van der Waals surface area contributed by atoms with Crippen LogP contribution >= 0.6 is 0 Å². The number of carboxylic acid groups (broad SMARTS) is 2. The van der Waals surface area contributed by atoms with Gasteiger partial charge in [-0.1, -0.05) is 64.4 Å². The minimum atomic E-state index is -1.17. The van der Waals surface area contributed by atoms with E-state index >= 15 is 0 Å². The Bertz CT molecular complexity index is 923. The minimum Gasteiger partial charge on any atom is -0.481 e. The van der Waals surface area contributed by atoms with Crippen LogP contribution in [-0.4, -0.2) is 64.0 Å². The van der Waals surface area contributed by atoms with Gasteiger partial charge in [-0.25, -0.2) is 4.79 Å². The van der Waals surface area contributed by atoms with Crippen LogP contribution in [0.2, 0.25) is 0 Å². The normalized spacial score (nSPS) is 15.1. The topological polar surface area (TPSA) is 188 Å². The Balaban J connectivity index is 3.11. The SMILES string of the molecule is CCC(C)C(NC(=O)C(Cc1ccccc1)NC(=O)C(N)CCC(=O)O)C(=O)NC(CC(C)C)C(=O)O. The molecule has 0 saturated heterocycles. The molecule has 206 valence electrons. The van der Waals surface area contributed by atoms with Gasteiger partial charge >= 0.3 is 11.9 Å². The average Bonchev–Trinajstić information content (AvgIpc) is 2.84. The monoisotopic (exact) mass is 520 g/mol. The molecule has 0 saturated carbocycles. The van der Waals surface area contributed by atoms with E-state index in [0.29, 0.717) is 6.42 Å². The third-order valence-corrected chi connectivity index (χ3v) is 6.04. The molecule has 0 bridgehead atoms. The van der Waals surface area contributed by atoms with Crippen LogP contribution in [0.1, 0.15) is 58.9 Å². The highest BCUT2D eigenvalue weighted by Gasteiger charge is 2.33. The van der Waals surface area contributed by atoms with E-state index in [0.717, 1.165) is 5.56 Å². The molecule has 1 rings (SSSR count). The van der Waals surface area contributed by atoms with E-state index in [1.807, 2.05) is 20.8 Å². The Hall–Kier alpha value is -3.47. The molecule has 0 radical (unpaired) electrons. The minimum absolute atomic E-state index is 0.0221. The van der Waals surface area contributed by atoms with Gasteiger partial charge in [0.15, 0.2) is 0 Å². The van der Waals surface area contributed by atoms with Crippen molar-refractivity contribution in [1.82, 2.24) is 16.0 Å². The molecule has 1 aromatic rings. The van der Waals surface area contributed by atoms with Gasteiger partial charge in [-0.05, 0) is 30.2 Å². The molecule has 0 aliphatic rings. The summed E-state index contributed by atoms with van der Waals surface area (Å²) in [7, 11) is 0. The van der Waals surface area contributed by atoms with Crippen LogP contribution in [0, 0.1) is 11.8 Å². The molecule has 5 atom stereocenters. The van der Waals surface area contributed by atoms with Gasteiger partial charge in [0.1, 0.15) is 18.1 Å². The number of amides is 3. The molecule has 0 aliphatic heterocycles. The Morgan fingerprint density at radius 2 is 1.46 bits per heavy atom. The Labute approximate surface area is 217 Å². The van der Waals surface area contributed by atoms with Crippen LogP contribution in [0.3, 0.4) is 0 Å². The molecule has 0 spiro atoms.